The van der Waals surface area contributed by atoms with E-state index in [2.05, 4.69) is 5.32 Å². The molecule has 0 saturated carbocycles. The highest BCUT2D eigenvalue weighted by molar-refractivity contribution is 7.89. The lowest BCUT2D eigenvalue weighted by molar-refractivity contribution is -0.116. The van der Waals surface area contributed by atoms with Crippen molar-refractivity contribution in [1.82, 2.24) is 4.31 Å². The molecule has 0 fully saturated rings. The van der Waals surface area contributed by atoms with Crippen LogP contribution < -0.4 is 5.32 Å². The van der Waals surface area contributed by atoms with E-state index in [0.29, 0.717) is 5.39 Å². The first-order valence-corrected chi connectivity index (χ1v) is 10.6. The fourth-order valence-corrected chi connectivity index (χ4v) is 4.90. The van der Waals surface area contributed by atoms with Gasteiger partial charge in [0.1, 0.15) is 0 Å². The summed E-state index contributed by atoms with van der Waals surface area (Å²) in [5, 5.41) is 4.36. The molecule has 0 atom stereocenters. The Bertz CT molecular complexity index is 1100. The van der Waals surface area contributed by atoms with Gasteiger partial charge in [0.25, 0.3) is 0 Å². The zero-order valence-electron chi connectivity index (χ0n) is 16.3. The Hall–Kier alpha value is -2.70. The molecule has 146 valence electrons. The number of amides is 1. The predicted octanol–water partition coefficient (Wildman–Crippen LogP) is 4.11. The van der Waals surface area contributed by atoms with E-state index in [-0.39, 0.29) is 23.9 Å². The highest BCUT2D eigenvalue weighted by Gasteiger charge is 2.27. The molecule has 0 aromatic heterocycles. The second-order valence-electron chi connectivity index (χ2n) is 6.72. The first kappa shape index (κ1) is 20.0. The first-order valence-electron chi connectivity index (χ1n) is 9.18. The number of likely N-dealkylation sites (N-methyl/N-ethyl adjacent to an activating group) is 1. The number of fused-ring (bicyclic) bond motifs is 1. The molecule has 0 aliphatic carbocycles. The fourth-order valence-electron chi connectivity index (χ4n) is 3.28. The van der Waals surface area contributed by atoms with Gasteiger partial charge in [-0.15, -0.1) is 0 Å². The summed E-state index contributed by atoms with van der Waals surface area (Å²) >= 11 is 0. The van der Waals surface area contributed by atoms with Crippen molar-refractivity contribution in [3.8, 4) is 0 Å². The Labute approximate surface area is 166 Å². The molecule has 0 aliphatic rings. The van der Waals surface area contributed by atoms with Gasteiger partial charge in [-0.25, -0.2) is 8.42 Å². The van der Waals surface area contributed by atoms with Crippen LogP contribution in [0.5, 0.6) is 0 Å². The van der Waals surface area contributed by atoms with Gasteiger partial charge in [-0.3, -0.25) is 4.79 Å². The van der Waals surface area contributed by atoms with Gasteiger partial charge >= 0.3 is 0 Å². The molecule has 0 unspecified atom stereocenters. The molecule has 3 aromatic rings. The minimum absolute atomic E-state index is 0.200. The molecule has 1 N–H and O–H groups in total. The van der Waals surface area contributed by atoms with Gasteiger partial charge in [-0.1, -0.05) is 61.5 Å². The van der Waals surface area contributed by atoms with Crippen molar-refractivity contribution in [2.45, 2.75) is 25.7 Å². The summed E-state index contributed by atoms with van der Waals surface area (Å²) in [5.41, 5.74) is 2.60. The van der Waals surface area contributed by atoms with Gasteiger partial charge in [0.05, 0.1) is 11.4 Å². The topological polar surface area (TPSA) is 66.5 Å². The van der Waals surface area contributed by atoms with Gasteiger partial charge < -0.3 is 5.32 Å². The molecule has 0 radical (unpaired) electrons. The van der Waals surface area contributed by atoms with Crippen molar-refractivity contribution in [1.29, 1.82) is 0 Å². The summed E-state index contributed by atoms with van der Waals surface area (Å²) in [6.45, 7) is 5.51. The quantitative estimate of drug-likeness (QED) is 0.682. The third kappa shape index (κ3) is 3.93. The van der Waals surface area contributed by atoms with Gasteiger partial charge in [0.15, 0.2) is 0 Å². The number of sulfonamides is 1. The van der Waals surface area contributed by atoms with Gasteiger partial charge in [0.2, 0.25) is 15.9 Å². The summed E-state index contributed by atoms with van der Waals surface area (Å²) in [6, 6.07) is 18.3. The third-order valence-electron chi connectivity index (χ3n) is 4.79. The molecule has 1 amide bonds. The molecule has 0 heterocycles. The number of hydrogen-bond donors (Lipinski definition) is 1. The van der Waals surface area contributed by atoms with E-state index in [1.807, 2.05) is 56.3 Å². The molecular weight excluding hydrogens is 372 g/mol. The lowest BCUT2D eigenvalue weighted by Gasteiger charge is -2.21. The van der Waals surface area contributed by atoms with Crippen LogP contribution in [0.2, 0.25) is 0 Å². The van der Waals surface area contributed by atoms with Crippen LogP contribution in [0.3, 0.4) is 0 Å². The molecule has 0 aliphatic heterocycles. The second kappa shape index (κ2) is 8.12. The standard InChI is InChI=1S/C22H24N2O3S/c1-4-24(15-21(25)23-22-16(2)9-7-10-17(22)3)28(26,27)20-14-8-12-18-11-5-6-13-19(18)20/h5-14H,4,15H2,1-3H3,(H,23,25). The fraction of sp³-hybridized carbons (Fsp3) is 0.227. The summed E-state index contributed by atoms with van der Waals surface area (Å²) in [4.78, 5) is 12.8. The smallest absolute Gasteiger partial charge is 0.244 e. The van der Waals surface area contributed by atoms with E-state index in [1.165, 1.54) is 4.31 Å². The van der Waals surface area contributed by atoms with Crippen LogP contribution in [-0.2, 0) is 14.8 Å². The van der Waals surface area contributed by atoms with Crippen LogP contribution >= 0.6 is 0 Å². The highest BCUT2D eigenvalue weighted by atomic mass is 32.2. The number of rotatable bonds is 6. The van der Waals surface area contributed by atoms with Crippen LogP contribution in [0.4, 0.5) is 5.69 Å². The number of benzene rings is 3. The van der Waals surface area contributed by atoms with E-state index in [1.54, 1.807) is 25.1 Å². The molecular formula is C22H24N2O3S. The predicted molar refractivity (Wildman–Crippen MR) is 113 cm³/mol. The Morgan fingerprint density at radius 3 is 2.21 bits per heavy atom. The third-order valence-corrected chi connectivity index (χ3v) is 6.76. The molecule has 0 saturated heterocycles. The molecule has 3 rings (SSSR count). The minimum Gasteiger partial charge on any atom is -0.324 e. The molecule has 6 heteroatoms. The minimum atomic E-state index is -3.81. The largest absolute Gasteiger partial charge is 0.324 e. The summed E-state index contributed by atoms with van der Waals surface area (Å²) < 4.78 is 27.7. The number of hydrogen-bond acceptors (Lipinski definition) is 3. The Balaban J connectivity index is 1.89. The Kier molecular flexibility index (Phi) is 5.82. The van der Waals surface area contributed by atoms with Crippen molar-refractivity contribution in [2.24, 2.45) is 0 Å². The van der Waals surface area contributed by atoms with E-state index >= 15 is 0 Å². The normalized spacial score (nSPS) is 11.7. The van der Waals surface area contributed by atoms with Crippen molar-refractivity contribution in [3.05, 3.63) is 71.8 Å². The van der Waals surface area contributed by atoms with E-state index in [4.69, 9.17) is 0 Å². The number of anilines is 1. The lowest BCUT2D eigenvalue weighted by atomic mass is 10.1. The van der Waals surface area contributed by atoms with Crippen LogP contribution in [0.25, 0.3) is 10.8 Å². The number of aryl methyl sites for hydroxylation is 2. The average molecular weight is 397 g/mol. The molecule has 0 bridgehead atoms. The van der Waals surface area contributed by atoms with E-state index in [0.717, 1.165) is 22.2 Å². The average Bonchev–Trinajstić information content (AvgIpc) is 2.68. The number of para-hydroxylation sites is 1. The zero-order valence-corrected chi connectivity index (χ0v) is 17.1. The van der Waals surface area contributed by atoms with Gasteiger partial charge in [0, 0.05) is 17.6 Å². The van der Waals surface area contributed by atoms with Crippen molar-refractivity contribution < 1.29 is 13.2 Å². The van der Waals surface area contributed by atoms with Crippen LogP contribution in [0.15, 0.2) is 65.6 Å². The van der Waals surface area contributed by atoms with E-state index < -0.39 is 10.0 Å². The van der Waals surface area contributed by atoms with Crippen molar-refractivity contribution in [3.63, 3.8) is 0 Å². The number of carbonyl (C=O) groups is 1. The maximum absolute atomic E-state index is 13.2. The first-order chi connectivity index (χ1) is 13.3. The number of nitrogens with zero attached hydrogens (tertiary/aromatic N) is 1. The summed E-state index contributed by atoms with van der Waals surface area (Å²) in [7, 11) is -3.81. The van der Waals surface area contributed by atoms with Crippen LogP contribution in [0, 0.1) is 13.8 Å². The SMILES string of the molecule is CCN(CC(=O)Nc1c(C)cccc1C)S(=O)(=O)c1cccc2ccccc12. The Morgan fingerprint density at radius 2 is 1.54 bits per heavy atom. The molecule has 3 aromatic carbocycles. The molecule has 0 spiro atoms. The molecule has 5 nitrogen and oxygen atoms in total. The number of carbonyl (C=O) groups excluding carboxylic acids is 1. The summed E-state index contributed by atoms with van der Waals surface area (Å²) in [5.74, 6) is -0.358. The number of nitrogens with one attached hydrogen (secondary N) is 1. The van der Waals surface area contributed by atoms with Crippen molar-refractivity contribution >= 4 is 32.4 Å². The van der Waals surface area contributed by atoms with Crippen LogP contribution in [0.1, 0.15) is 18.1 Å². The molecule has 28 heavy (non-hydrogen) atoms. The summed E-state index contributed by atoms with van der Waals surface area (Å²) in [6.07, 6.45) is 0. The monoisotopic (exact) mass is 396 g/mol. The van der Waals surface area contributed by atoms with Gasteiger partial charge in [-0.05, 0) is 36.4 Å². The van der Waals surface area contributed by atoms with E-state index in [9.17, 15) is 13.2 Å². The maximum atomic E-state index is 13.2. The highest BCUT2D eigenvalue weighted by Crippen LogP contribution is 2.26. The zero-order chi connectivity index (χ0) is 20.3. The van der Waals surface area contributed by atoms with Crippen LogP contribution in [-0.4, -0.2) is 31.7 Å². The maximum Gasteiger partial charge on any atom is 0.244 e. The second-order valence-corrected chi connectivity index (χ2v) is 8.63. The Morgan fingerprint density at radius 1 is 0.929 bits per heavy atom. The lowest BCUT2D eigenvalue weighted by Crippen LogP contribution is -2.38. The van der Waals surface area contributed by atoms with Gasteiger partial charge in [-0.2, -0.15) is 4.31 Å². The van der Waals surface area contributed by atoms with Crippen molar-refractivity contribution in [2.75, 3.05) is 18.4 Å².